The van der Waals surface area contributed by atoms with Gasteiger partial charge in [0.05, 0.1) is 6.61 Å². The first-order valence-electron chi connectivity index (χ1n) is 6.12. The van der Waals surface area contributed by atoms with Crippen LogP contribution in [-0.4, -0.2) is 37.6 Å². The smallest absolute Gasteiger partial charge is 0.253 e. The van der Waals surface area contributed by atoms with Gasteiger partial charge >= 0.3 is 0 Å². The SMILES string of the molecule is CC.CCN(CCOC)C(=O)c1ccccc1. The number of ether oxygens (including phenoxy) is 1. The molecule has 17 heavy (non-hydrogen) atoms. The number of hydrogen-bond donors (Lipinski definition) is 0. The quantitative estimate of drug-likeness (QED) is 0.788. The third kappa shape index (κ3) is 5.50. The first-order chi connectivity index (χ1) is 8.29. The molecule has 1 aromatic rings. The molecule has 1 amide bonds. The second-order valence-corrected chi connectivity index (χ2v) is 3.24. The molecule has 0 aromatic heterocycles. The van der Waals surface area contributed by atoms with Crippen molar-refractivity contribution in [1.29, 1.82) is 0 Å². The van der Waals surface area contributed by atoms with Crippen molar-refractivity contribution in [3.05, 3.63) is 35.9 Å². The lowest BCUT2D eigenvalue weighted by molar-refractivity contribution is 0.0706. The molecule has 0 aliphatic carbocycles. The minimum Gasteiger partial charge on any atom is -0.383 e. The Labute approximate surface area is 104 Å². The zero-order valence-corrected chi connectivity index (χ0v) is 11.3. The molecule has 0 saturated carbocycles. The molecule has 0 aliphatic heterocycles. The maximum atomic E-state index is 12.0. The highest BCUT2D eigenvalue weighted by Crippen LogP contribution is 2.04. The lowest BCUT2D eigenvalue weighted by atomic mass is 10.2. The standard InChI is InChI=1S/C12H17NO2.C2H6/c1-3-13(9-10-15-2)12(14)11-7-5-4-6-8-11;1-2/h4-8H,3,9-10H2,1-2H3;1-2H3. The summed E-state index contributed by atoms with van der Waals surface area (Å²) in [5.41, 5.74) is 0.732. The Bertz CT molecular complexity index is 298. The maximum absolute atomic E-state index is 12.0. The van der Waals surface area contributed by atoms with Crippen LogP contribution in [-0.2, 0) is 4.74 Å². The van der Waals surface area contributed by atoms with E-state index in [4.69, 9.17) is 4.74 Å². The minimum atomic E-state index is 0.0650. The average Bonchev–Trinajstić information content (AvgIpc) is 2.42. The maximum Gasteiger partial charge on any atom is 0.253 e. The Morgan fingerprint density at radius 1 is 1.24 bits per heavy atom. The Balaban J connectivity index is 0.00000121. The third-order valence-electron chi connectivity index (χ3n) is 2.26. The van der Waals surface area contributed by atoms with Crippen LogP contribution in [0.1, 0.15) is 31.1 Å². The zero-order valence-electron chi connectivity index (χ0n) is 11.3. The van der Waals surface area contributed by atoms with E-state index >= 15 is 0 Å². The van der Waals surface area contributed by atoms with E-state index in [2.05, 4.69) is 0 Å². The number of nitrogens with zero attached hydrogens (tertiary/aromatic N) is 1. The summed E-state index contributed by atoms with van der Waals surface area (Å²) >= 11 is 0. The molecule has 0 saturated heterocycles. The van der Waals surface area contributed by atoms with Crippen LogP contribution < -0.4 is 0 Å². The highest BCUT2D eigenvalue weighted by Gasteiger charge is 2.12. The molecule has 0 aliphatic rings. The van der Waals surface area contributed by atoms with Gasteiger partial charge in [-0.3, -0.25) is 4.79 Å². The normalized spacial score (nSPS) is 9.18. The van der Waals surface area contributed by atoms with Gasteiger partial charge in [-0.05, 0) is 19.1 Å². The van der Waals surface area contributed by atoms with E-state index in [0.29, 0.717) is 19.7 Å². The van der Waals surface area contributed by atoms with Crippen LogP contribution in [0.25, 0.3) is 0 Å². The molecule has 0 atom stereocenters. The fourth-order valence-corrected chi connectivity index (χ4v) is 1.37. The zero-order chi connectivity index (χ0) is 13.1. The van der Waals surface area contributed by atoms with Gasteiger partial charge in [0.25, 0.3) is 5.91 Å². The predicted octanol–water partition coefficient (Wildman–Crippen LogP) is 2.82. The number of benzene rings is 1. The third-order valence-corrected chi connectivity index (χ3v) is 2.26. The summed E-state index contributed by atoms with van der Waals surface area (Å²) in [4.78, 5) is 13.7. The molecule has 0 radical (unpaired) electrons. The van der Waals surface area contributed by atoms with Gasteiger partial charge in [-0.15, -0.1) is 0 Å². The fourth-order valence-electron chi connectivity index (χ4n) is 1.37. The van der Waals surface area contributed by atoms with Crippen molar-refractivity contribution in [2.45, 2.75) is 20.8 Å². The largest absolute Gasteiger partial charge is 0.383 e. The van der Waals surface area contributed by atoms with E-state index < -0.39 is 0 Å². The van der Waals surface area contributed by atoms with Gasteiger partial charge in [0.2, 0.25) is 0 Å². The van der Waals surface area contributed by atoms with Crippen molar-refractivity contribution in [2.75, 3.05) is 26.8 Å². The Morgan fingerprint density at radius 3 is 2.29 bits per heavy atom. The molecule has 1 aromatic carbocycles. The molecule has 3 nitrogen and oxygen atoms in total. The molecule has 0 spiro atoms. The average molecular weight is 237 g/mol. The van der Waals surface area contributed by atoms with E-state index in [-0.39, 0.29) is 5.91 Å². The van der Waals surface area contributed by atoms with E-state index in [1.807, 2.05) is 51.1 Å². The lowest BCUT2D eigenvalue weighted by Crippen LogP contribution is -2.33. The molecule has 3 heteroatoms. The van der Waals surface area contributed by atoms with Crippen molar-refractivity contribution in [3.63, 3.8) is 0 Å². The topological polar surface area (TPSA) is 29.5 Å². The number of amides is 1. The van der Waals surface area contributed by atoms with Gasteiger partial charge in [0.15, 0.2) is 0 Å². The highest BCUT2D eigenvalue weighted by molar-refractivity contribution is 5.94. The van der Waals surface area contributed by atoms with Gasteiger partial charge in [-0.25, -0.2) is 0 Å². The molecule has 0 fully saturated rings. The molecular weight excluding hydrogens is 214 g/mol. The van der Waals surface area contributed by atoms with Crippen molar-refractivity contribution < 1.29 is 9.53 Å². The van der Waals surface area contributed by atoms with Gasteiger partial charge in [-0.1, -0.05) is 32.0 Å². The van der Waals surface area contributed by atoms with Crippen LogP contribution >= 0.6 is 0 Å². The summed E-state index contributed by atoms with van der Waals surface area (Å²) in [6.07, 6.45) is 0. The number of methoxy groups -OCH3 is 1. The lowest BCUT2D eigenvalue weighted by Gasteiger charge is -2.20. The van der Waals surface area contributed by atoms with Gasteiger partial charge in [0.1, 0.15) is 0 Å². The van der Waals surface area contributed by atoms with Gasteiger partial charge < -0.3 is 9.64 Å². The number of hydrogen-bond acceptors (Lipinski definition) is 2. The molecule has 96 valence electrons. The molecule has 0 N–H and O–H groups in total. The predicted molar refractivity (Wildman–Crippen MR) is 71.2 cm³/mol. The van der Waals surface area contributed by atoms with Gasteiger partial charge in [-0.2, -0.15) is 0 Å². The first kappa shape index (κ1) is 15.7. The molecule has 0 heterocycles. The van der Waals surface area contributed by atoms with Gasteiger partial charge in [0, 0.05) is 25.8 Å². The van der Waals surface area contributed by atoms with E-state index in [1.165, 1.54) is 0 Å². The van der Waals surface area contributed by atoms with Crippen LogP contribution in [0, 0.1) is 0 Å². The second kappa shape index (κ2) is 9.85. The number of carbonyl (C=O) groups is 1. The summed E-state index contributed by atoms with van der Waals surface area (Å²) in [7, 11) is 1.64. The van der Waals surface area contributed by atoms with E-state index in [1.54, 1.807) is 12.0 Å². The summed E-state index contributed by atoms with van der Waals surface area (Å²) < 4.78 is 4.97. The van der Waals surface area contributed by atoms with Crippen LogP contribution in [0.5, 0.6) is 0 Å². The Hall–Kier alpha value is -1.35. The van der Waals surface area contributed by atoms with E-state index in [9.17, 15) is 4.79 Å². The summed E-state index contributed by atoms with van der Waals surface area (Å²) in [6, 6.07) is 9.31. The number of likely N-dealkylation sites (N-methyl/N-ethyl adjacent to an activating group) is 1. The number of carbonyl (C=O) groups excluding carboxylic acids is 1. The van der Waals surface area contributed by atoms with Crippen molar-refractivity contribution >= 4 is 5.91 Å². The van der Waals surface area contributed by atoms with Crippen LogP contribution in [0.3, 0.4) is 0 Å². The van der Waals surface area contributed by atoms with E-state index in [0.717, 1.165) is 5.56 Å². The van der Waals surface area contributed by atoms with Crippen LogP contribution in [0.15, 0.2) is 30.3 Å². The molecule has 0 bridgehead atoms. The van der Waals surface area contributed by atoms with Crippen LogP contribution in [0.2, 0.25) is 0 Å². The highest BCUT2D eigenvalue weighted by atomic mass is 16.5. The monoisotopic (exact) mass is 237 g/mol. The molecule has 1 rings (SSSR count). The molecular formula is C14H23NO2. The van der Waals surface area contributed by atoms with Crippen molar-refractivity contribution in [1.82, 2.24) is 4.90 Å². The first-order valence-corrected chi connectivity index (χ1v) is 6.12. The second-order valence-electron chi connectivity index (χ2n) is 3.24. The van der Waals surface area contributed by atoms with Crippen LogP contribution in [0.4, 0.5) is 0 Å². The van der Waals surface area contributed by atoms with Crippen molar-refractivity contribution in [2.24, 2.45) is 0 Å². The number of rotatable bonds is 5. The summed E-state index contributed by atoms with van der Waals surface area (Å²) in [5.74, 6) is 0.0650. The Morgan fingerprint density at radius 2 is 1.82 bits per heavy atom. The summed E-state index contributed by atoms with van der Waals surface area (Å²) in [5, 5.41) is 0. The minimum absolute atomic E-state index is 0.0650. The Kier molecular flexibility index (Phi) is 9.06. The van der Waals surface area contributed by atoms with Crippen molar-refractivity contribution in [3.8, 4) is 0 Å². The fraction of sp³-hybridized carbons (Fsp3) is 0.500. The summed E-state index contributed by atoms with van der Waals surface area (Å²) in [6.45, 7) is 7.89. The molecule has 0 unspecified atom stereocenters.